The molecule has 3 aromatic carbocycles. The van der Waals surface area contributed by atoms with Crippen molar-refractivity contribution in [3.05, 3.63) is 95.6 Å². The maximum absolute atomic E-state index is 13.5. The highest BCUT2D eigenvalue weighted by Gasteiger charge is 2.12. The van der Waals surface area contributed by atoms with Gasteiger partial charge in [-0.1, -0.05) is 48.5 Å². The predicted molar refractivity (Wildman–Crippen MR) is 107 cm³/mol. The number of benzene rings is 3. The number of hydrogen-bond donors (Lipinski definition) is 1. The molecule has 0 aliphatic heterocycles. The third-order valence-electron chi connectivity index (χ3n) is 4.12. The van der Waals surface area contributed by atoms with Crippen LogP contribution in [0.3, 0.4) is 0 Å². The largest absolute Gasteiger partial charge is 0.482 e. The number of anilines is 1. The summed E-state index contributed by atoms with van der Waals surface area (Å²) >= 11 is 0. The first-order valence-corrected chi connectivity index (χ1v) is 9.16. The summed E-state index contributed by atoms with van der Waals surface area (Å²) in [4.78, 5) is 23.7. The summed E-state index contributed by atoms with van der Waals surface area (Å²) in [6, 6.07) is 19.7. The molecule has 154 valence electrons. The van der Waals surface area contributed by atoms with E-state index < -0.39 is 36.7 Å². The molecular weight excluding hydrogens is 392 g/mol. The summed E-state index contributed by atoms with van der Waals surface area (Å²) in [6.07, 6.45) is 0.633. The average Bonchev–Trinajstić information content (AvgIpc) is 2.75. The Morgan fingerprint density at radius 2 is 1.60 bits per heavy atom. The van der Waals surface area contributed by atoms with Gasteiger partial charge in [-0.05, 0) is 29.3 Å². The molecule has 0 saturated heterocycles. The zero-order valence-electron chi connectivity index (χ0n) is 15.9. The molecular formula is C23H19F2NO4. The molecule has 0 unspecified atom stereocenters. The van der Waals surface area contributed by atoms with Crippen molar-refractivity contribution < 1.29 is 27.8 Å². The third kappa shape index (κ3) is 6.13. The van der Waals surface area contributed by atoms with E-state index in [4.69, 9.17) is 9.47 Å². The maximum atomic E-state index is 13.5. The van der Waals surface area contributed by atoms with Gasteiger partial charge in [-0.25, -0.2) is 13.6 Å². The molecule has 3 rings (SSSR count). The second-order valence-electron chi connectivity index (χ2n) is 6.39. The molecule has 0 fully saturated rings. The molecule has 0 atom stereocenters. The van der Waals surface area contributed by atoms with Crippen molar-refractivity contribution in [3.8, 4) is 5.75 Å². The molecule has 0 aromatic heterocycles. The van der Waals surface area contributed by atoms with E-state index in [-0.39, 0.29) is 5.69 Å². The average molecular weight is 411 g/mol. The Kier molecular flexibility index (Phi) is 7.10. The molecule has 30 heavy (non-hydrogen) atoms. The molecule has 0 aliphatic rings. The number of halogens is 2. The number of hydrogen-bond acceptors (Lipinski definition) is 4. The van der Waals surface area contributed by atoms with Crippen LogP contribution in [0.2, 0.25) is 0 Å². The quantitative estimate of drug-likeness (QED) is 0.567. The van der Waals surface area contributed by atoms with Crippen LogP contribution in [0.1, 0.15) is 11.1 Å². The highest BCUT2D eigenvalue weighted by atomic mass is 19.1. The second-order valence-corrected chi connectivity index (χ2v) is 6.39. The smallest absolute Gasteiger partial charge is 0.344 e. The minimum atomic E-state index is -0.797. The fourth-order valence-electron chi connectivity index (χ4n) is 2.71. The lowest BCUT2D eigenvalue weighted by Crippen LogP contribution is -2.24. The topological polar surface area (TPSA) is 64.6 Å². The van der Waals surface area contributed by atoms with Crippen LogP contribution in [0, 0.1) is 11.6 Å². The van der Waals surface area contributed by atoms with Gasteiger partial charge in [0, 0.05) is 12.5 Å². The highest BCUT2D eigenvalue weighted by molar-refractivity contribution is 5.92. The van der Waals surface area contributed by atoms with Gasteiger partial charge < -0.3 is 14.8 Å². The summed E-state index contributed by atoms with van der Waals surface area (Å²) in [5.74, 6) is -2.53. The number of carbonyl (C=O) groups excluding carboxylic acids is 2. The zero-order valence-corrected chi connectivity index (χ0v) is 15.9. The van der Waals surface area contributed by atoms with Crippen LogP contribution in [0.4, 0.5) is 14.5 Å². The van der Waals surface area contributed by atoms with Gasteiger partial charge in [0.1, 0.15) is 17.4 Å². The molecule has 0 spiro atoms. The molecule has 0 heterocycles. The van der Waals surface area contributed by atoms with Crippen LogP contribution in [0.25, 0.3) is 0 Å². The van der Waals surface area contributed by atoms with Gasteiger partial charge in [-0.3, -0.25) is 4.79 Å². The highest BCUT2D eigenvalue weighted by Crippen LogP contribution is 2.21. The molecule has 5 nitrogen and oxygen atoms in total. The standard InChI is InChI=1S/C23H19F2NO4/c24-18-10-11-19(25)20(13-18)26-22(27)14-30-23(28)15-29-21-9-5-4-8-17(21)12-16-6-2-1-3-7-16/h1-11,13H,12,14-15H2,(H,26,27). The number of carbonyl (C=O) groups is 2. The Bertz CT molecular complexity index is 1020. The Labute approximate surface area is 172 Å². The van der Waals surface area contributed by atoms with Gasteiger partial charge in [0.05, 0.1) is 5.69 Å². The van der Waals surface area contributed by atoms with Crippen molar-refractivity contribution in [1.82, 2.24) is 0 Å². The van der Waals surface area contributed by atoms with Gasteiger partial charge in [0.25, 0.3) is 5.91 Å². The van der Waals surface area contributed by atoms with Crippen molar-refractivity contribution in [2.45, 2.75) is 6.42 Å². The van der Waals surface area contributed by atoms with Gasteiger partial charge >= 0.3 is 5.97 Å². The predicted octanol–water partition coefficient (Wildman–Crippen LogP) is 4.12. The van der Waals surface area contributed by atoms with E-state index in [9.17, 15) is 18.4 Å². The first kappa shape index (κ1) is 21.0. The van der Waals surface area contributed by atoms with Crippen LogP contribution in [-0.2, 0) is 20.7 Å². The van der Waals surface area contributed by atoms with Crippen LogP contribution in [-0.4, -0.2) is 25.1 Å². The second kappa shape index (κ2) is 10.2. The van der Waals surface area contributed by atoms with E-state index in [1.165, 1.54) is 0 Å². The molecule has 3 aromatic rings. The Hall–Kier alpha value is -3.74. The molecule has 1 amide bonds. The van der Waals surface area contributed by atoms with Crippen LogP contribution < -0.4 is 10.1 Å². The van der Waals surface area contributed by atoms with Gasteiger partial charge in [-0.2, -0.15) is 0 Å². The summed E-state index contributed by atoms with van der Waals surface area (Å²) in [6.45, 7) is -1.04. The fourth-order valence-corrected chi connectivity index (χ4v) is 2.71. The molecule has 1 N–H and O–H groups in total. The minimum Gasteiger partial charge on any atom is -0.482 e. The first-order valence-electron chi connectivity index (χ1n) is 9.16. The van der Waals surface area contributed by atoms with Crippen LogP contribution in [0.5, 0.6) is 5.75 Å². The number of nitrogens with one attached hydrogen (secondary N) is 1. The summed E-state index contributed by atoms with van der Waals surface area (Å²) < 4.78 is 37.0. The minimum absolute atomic E-state index is 0.331. The number of esters is 1. The van der Waals surface area contributed by atoms with Crippen molar-refractivity contribution >= 4 is 17.6 Å². The Morgan fingerprint density at radius 1 is 0.867 bits per heavy atom. The Morgan fingerprint density at radius 3 is 2.40 bits per heavy atom. The van der Waals surface area contributed by atoms with E-state index in [0.29, 0.717) is 12.2 Å². The molecule has 0 bridgehead atoms. The van der Waals surface area contributed by atoms with E-state index in [0.717, 1.165) is 29.3 Å². The van der Waals surface area contributed by atoms with Gasteiger partial charge in [0.15, 0.2) is 13.2 Å². The Balaban J connectivity index is 1.49. The SMILES string of the molecule is O=C(COC(=O)COc1ccccc1Cc1ccccc1)Nc1cc(F)ccc1F. The molecule has 0 radical (unpaired) electrons. The molecule has 7 heteroatoms. The maximum Gasteiger partial charge on any atom is 0.344 e. The van der Waals surface area contributed by atoms with Crippen molar-refractivity contribution in [3.63, 3.8) is 0 Å². The summed E-state index contributed by atoms with van der Waals surface area (Å²) in [5.41, 5.74) is 1.66. The van der Waals surface area contributed by atoms with Crippen LogP contribution >= 0.6 is 0 Å². The number of ether oxygens (including phenoxy) is 2. The number of amides is 1. The molecule has 0 aliphatic carbocycles. The zero-order chi connectivity index (χ0) is 21.3. The number of para-hydroxylation sites is 1. The lowest BCUT2D eigenvalue weighted by molar-refractivity contribution is -0.149. The first-order chi connectivity index (χ1) is 14.5. The van der Waals surface area contributed by atoms with Gasteiger partial charge in [-0.15, -0.1) is 0 Å². The van der Waals surface area contributed by atoms with Gasteiger partial charge in [0.2, 0.25) is 0 Å². The van der Waals surface area contributed by atoms with E-state index in [1.54, 1.807) is 12.1 Å². The lowest BCUT2D eigenvalue weighted by Gasteiger charge is -2.12. The van der Waals surface area contributed by atoms with E-state index >= 15 is 0 Å². The monoisotopic (exact) mass is 411 g/mol. The third-order valence-corrected chi connectivity index (χ3v) is 4.12. The van der Waals surface area contributed by atoms with E-state index in [2.05, 4.69) is 5.32 Å². The summed E-state index contributed by atoms with van der Waals surface area (Å²) in [5, 5.41) is 2.14. The number of rotatable bonds is 8. The lowest BCUT2D eigenvalue weighted by atomic mass is 10.0. The summed E-state index contributed by atoms with van der Waals surface area (Å²) in [7, 11) is 0. The fraction of sp³-hybridized carbons (Fsp3) is 0.130. The van der Waals surface area contributed by atoms with Crippen molar-refractivity contribution in [2.24, 2.45) is 0 Å². The van der Waals surface area contributed by atoms with Crippen molar-refractivity contribution in [2.75, 3.05) is 18.5 Å². The molecule has 0 saturated carbocycles. The van der Waals surface area contributed by atoms with Crippen molar-refractivity contribution in [1.29, 1.82) is 0 Å². The van der Waals surface area contributed by atoms with E-state index in [1.807, 2.05) is 42.5 Å². The van der Waals surface area contributed by atoms with Crippen LogP contribution in [0.15, 0.2) is 72.8 Å². The normalized spacial score (nSPS) is 10.3.